The third-order valence-electron chi connectivity index (χ3n) is 5.19. The van der Waals surface area contributed by atoms with Crippen molar-refractivity contribution >= 4 is 17.5 Å². The van der Waals surface area contributed by atoms with E-state index in [1.807, 2.05) is 24.4 Å². The molecule has 2 aromatic rings. The smallest absolute Gasteiger partial charge is 0.220 e. The number of nitrogens with one attached hydrogen (secondary N) is 2. The van der Waals surface area contributed by atoms with Gasteiger partial charge in [0.2, 0.25) is 5.91 Å². The SMILES string of the molecule is CCNc1cc(N2CCC(CCC(=O)NCCc3cccnc3)CC2)ncn1. The van der Waals surface area contributed by atoms with Crippen LogP contribution in [0.15, 0.2) is 36.9 Å². The summed E-state index contributed by atoms with van der Waals surface area (Å²) in [5, 5.41) is 6.25. The summed E-state index contributed by atoms with van der Waals surface area (Å²) in [4.78, 5) is 27.2. The minimum atomic E-state index is 0.150. The number of nitrogens with zero attached hydrogens (tertiary/aromatic N) is 4. The summed E-state index contributed by atoms with van der Waals surface area (Å²) in [6.45, 7) is 5.54. The Morgan fingerprint density at radius 3 is 2.89 bits per heavy atom. The Bertz CT molecular complexity index is 731. The van der Waals surface area contributed by atoms with E-state index in [9.17, 15) is 4.79 Å². The molecule has 7 heteroatoms. The molecule has 1 saturated heterocycles. The quantitative estimate of drug-likeness (QED) is 0.694. The van der Waals surface area contributed by atoms with Crippen LogP contribution in [0.5, 0.6) is 0 Å². The Hall–Kier alpha value is -2.70. The Kier molecular flexibility index (Phi) is 7.58. The summed E-state index contributed by atoms with van der Waals surface area (Å²) in [6, 6.07) is 5.97. The van der Waals surface area contributed by atoms with Crippen LogP contribution in [0, 0.1) is 5.92 Å². The van der Waals surface area contributed by atoms with E-state index >= 15 is 0 Å². The molecule has 28 heavy (non-hydrogen) atoms. The number of anilines is 2. The number of carbonyl (C=O) groups is 1. The first-order valence-electron chi connectivity index (χ1n) is 10.2. The second kappa shape index (κ2) is 10.6. The highest BCUT2D eigenvalue weighted by atomic mass is 16.1. The highest BCUT2D eigenvalue weighted by molar-refractivity contribution is 5.75. The molecular weight excluding hydrogens is 352 g/mol. The lowest BCUT2D eigenvalue weighted by Crippen LogP contribution is -2.35. The van der Waals surface area contributed by atoms with Gasteiger partial charge in [-0.25, -0.2) is 9.97 Å². The average Bonchev–Trinajstić information content (AvgIpc) is 2.74. The van der Waals surface area contributed by atoms with Crippen molar-refractivity contribution in [1.82, 2.24) is 20.3 Å². The molecule has 2 aromatic heterocycles. The van der Waals surface area contributed by atoms with Gasteiger partial charge >= 0.3 is 0 Å². The zero-order valence-electron chi connectivity index (χ0n) is 16.6. The lowest BCUT2D eigenvalue weighted by molar-refractivity contribution is -0.121. The molecule has 1 amide bonds. The first kappa shape index (κ1) is 20.0. The van der Waals surface area contributed by atoms with E-state index in [-0.39, 0.29) is 5.91 Å². The number of hydrogen-bond acceptors (Lipinski definition) is 6. The predicted molar refractivity (Wildman–Crippen MR) is 111 cm³/mol. The zero-order valence-corrected chi connectivity index (χ0v) is 16.6. The molecule has 1 aliphatic heterocycles. The van der Waals surface area contributed by atoms with Crippen molar-refractivity contribution in [3.05, 3.63) is 42.5 Å². The molecule has 0 aliphatic carbocycles. The topological polar surface area (TPSA) is 83.0 Å². The van der Waals surface area contributed by atoms with Gasteiger partial charge in [0.25, 0.3) is 0 Å². The highest BCUT2D eigenvalue weighted by Crippen LogP contribution is 2.25. The van der Waals surface area contributed by atoms with Gasteiger partial charge < -0.3 is 15.5 Å². The molecule has 2 N–H and O–H groups in total. The summed E-state index contributed by atoms with van der Waals surface area (Å²) in [5.41, 5.74) is 1.15. The molecule has 0 unspecified atom stereocenters. The van der Waals surface area contributed by atoms with Gasteiger partial charge in [-0.2, -0.15) is 0 Å². The van der Waals surface area contributed by atoms with E-state index in [1.54, 1.807) is 12.5 Å². The number of pyridine rings is 1. The fraction of sp³-hybridized carbons (Fsp3) is 0.524. The van der Waals surface area contributed by atoms with Crippen molar-refractivity contribution in [3.63, 3.8) is 0 Å². The van der Waals surface area contributed by atoms with Gasteiger partial charge in [0.15, 0.2) is 0 Å². The van der Waals surface area contributed by atoms with Crippen LogP contribution in [0.1, 0.15) is 38.2 Å². The molecule has 3 heterocycles. The summed E-state index contributed by atoms with van der Waals surface area (Å²) >= 11 is 0. The molecule has 0 spiro atoms. The van der Waals surface area contributed by atoms with Crippen LogP contribution in [-0.2, 0) is 11.2 Å². The van der Waals surface area contributed by atoms with Gasteiger partial charge in [-0.05, 0) is 50.2 Å². The molecule has 3 rings (SSSR count). The second-order valence-electron chi connectivity index (χ2n) is 7.22. The fourth-order valence-electron chi connectivity index (χ4n) is 3.56. The van der Waals surface area contributed by atoms with Crippen molar-refractivity contribution < 1.29 is 4.79 Å². The van der Waals surface area contributed by atoms with E-state index in [2.05, 4.69) is 37.4 Å². The maximum Gasteiger partial charge on any atom is 0.220 e. The molecule has 0 bridgehead atoms. The van der Waals surface area contributed by atoms with Crippen LogP contribution in [0.3, 0.4) is 0 Å². The van der Waals surface area contributed by atoms with Gasteiger partial charge in [-0.1, -0.05) is 6.07 Å². The standard InChI is InChI=1S/C21H30N6O/c1-2-23-19-14-20(26-16-25-19)27-12-8-17(9-13-27)5-6-21(28)24-11-7-18-4-3-10-22-15-18/h3-4,10,14-17H,2,5-9,11-13H2,1H3,(H,24,28)(H,23,25,26). The summed E-state index contributed by atoms with van der Waals surface area (Å²) < 4.78 is 0. The largest absolute Gasteiger partial charge is 0.370 e. The molecule has 1 fully saturated rings. The van der Waals surface area contributed by atoms with Gasteiger partial charge in [0.05, 0.1) is 0 Å². The second-order valence-corrected chi connectivity index (χ2v) is 7.22. The Morgan fingerprint density at radius 2 is 2.14 bits per heavy atom. The van der Waals surface area contributed by atoms with Gasteiger partial charge in [0, 0.05) is 51.1 Å². The minimum Gasteiger partial charge on any atom is -0.370 e. The van der Waals surface area contributed by atoms with Crippen molar-refractivity contribution in [3.8, 4) is 0 Å². The van der Waals surface area contributed by atoms with Crippen molar-refractivity contribution in [1.29, 1.82) is 0 Å². The maximum absolute atomic E-state index is 12.1. The van der Waals surface area contributed by atoms with Crippen molar-refractivity contribution in [2.24, 2.45) is 5.92 Å². The van der Waals surface area contributed by atoms with Crippen LogP contribution in [0.2, 0.25) is 0 Å². The lowest BCUT2D eigenvalue weighted by Gasteiger charge is -2.32. The number of piperidine rings is 1. The monoisotopic (exact) mass is 382 g/mol. The molecule has 7 nitrogen and oxygen atoms in total. The third-order valence-corrected chi connectivity index (χ3v) is 5.19. The first-order chi connectivity index (χ1) is 13.7. The van der Waals surface area contributed by atoms with Crippen molar-refractivity contribution in [2.75, 3.05) is 36.4 Å². The van der Waals surface area contributed by atoms with Crippen LogP contribution in [0.25, 0.3) is 0 Å². The molecular formula is C21H30N6O. The molecule has 0 radical (unpaired) electrons. The maximum atomic E-state index is 12.1. The predicted octanol–water partition coefficient (Wildman–Crippen LogP) is 2.66. The van der Waals surface area contributed by atoms with Crippen LogP contribution in [0.4, 0.5) is 11.6 Å². The van der Waals surface area contributed by atoms with Crippen LogP contribution < -0.4 is 15.5 Å². The van der Waals surface area contributed by atoms with E-state index in [4.69, 9.17) is 0 Å². The Balaban J connectivity index is 1.34. The number of rotatable bonds is 9. The van der Waals surface area contributed by atoms with Gasteiger partial charge in [-0.3, -0.25) is 9.78 Å². The molecule has 0 atom stereocenters. The van der Waals surface area contributed by atoms with E-state index in [0.717, 1.165) is 62.5 Å². The van der Waals surface area contributed by atoms with Crippen LogP contribution in [-0.4, -0.2) is 47.0 Å². The van der Waals surface area contributed by atoms with E-state index in [0.29, 0.717) is 18.9 Å². The van der Waals surface area contributed by atoms with Crippen molar-refractivity contribution in [2.45, 2.75) is 39.0 Å². The fourth-order valence-corrected chi connectivity index (χ4v) is 3.56. The number of hydrogen-bond donors (Lipinski definition) is 2. The molecule has 0 aromatic carbocycles. The van der Waals surface area contributed by atoms with Gasteiger partial charge in [-0.15, -0.1) is 0 Å². The highest BCUT2D eigenvalue weighted by Gasteiger charge is 2.21. The van der Waals surface area contributed by atoms with Gasteiger partial charge in [0.1, 0.15) is 18.0 Å². The minimum absolute atomic E-state index is 0.150. The first-order valence-corrected chi connectivity index (χ1v) is 10.2. The normalized spacial score (nSPS) is 14.7. The number of aromatic nitrogens is 3. The molecule has 0 saturated carbocycles. The lowest BCUT2D eigenvalue weighted by atomic mass is 9.92. The van der Waals surface area contributed by atoms with E-state index < -0.39 is 0 Å². The molecule has 1 aliphatic rings. The summed E-state index contributed by atoms with van der Waals surface area (Å²) in [7, 11) is 0. The summed E-state index contributed by atoms with van der Waals surface area (Å²) in [5.74, 6) is 2.61. The Labute approximate surface area is 167 Å². The summed E-state index contributed by atoms with van der Waals surface area (Å²) in [6.07, 6.45) is 9.82. The zero-order chi connectivity index (χ0) is 19.6. The Morgan fingerprint density at radius 1 is 1.29 bits per heavy atom. The number of amides is 1. The van der Waals surface area contributed by atoms with Crippen LogP contribution >= 0.6 is 0 Å². The third kappa shape index (κ3) is 6.18. The van der Waals surface area contributed by atoms with E-state index in [1.165, 1.54) is 0 Å². The number of carbonyl (C=O) groups excluding carboxylic acids is 1. The molecule has 150 valence electrons. The average molecular weight is 383 g/mol.